The molecule has 0 radical (unpaired) electrons. The van der Waals surface area contributed by atoms with E-state index in [1.165, 1.54) is 0 Å². The number of hydrogen-bond acceptors (Lipinski definition) is 3. The van der Waals surface area contributed by atoms with Crippen molar-refractivity contribution in [2.24, 2.45) is 0 Å². The maximum absolute atomic E-state index is 12.3. The third-order valence-corrected chi connectivity index (χ3v) is 5.16. The number of hydrogen-bond donors (Lipinski definition) is 2. The molecule has 0 fully saturated rings. The molecular formula is C15H25NO3S. The maximum atomic E-state index is 12.3. The number of aliphatic hydroxyl groups is 1. The first kappa shape index (κ1) is 17.1. The number of benzene rings is 1. The summed E-state index contributed by atoms with van der Waals surface area (Å²) in [4.78, 5) is 0.208. The third-order valence-electron chi connectivity index (χ3n) is 3.47. The first-order chi connectivity index (χ1) is 8.86. The Balaban J connectivity index is 3.06. The summed E-state index contributed by atoms with van der Waals surface area (Å²) in [5.41, 5.74) is 0.141. The Hall–Kier alpha value is -0.910. The van der Waals surface area contributed by atoms with E-state index in [2.05, 4.69) is 25.5 Å². The van der Waals surface area contributed by atoms with Gasteiger partial charge in [0.15, 0.2) is 0 Å². The van der Waals surface area contributed by atoms with E-state index in [9.17, 15) is 13.5 Å². The van der Waals surface area contributed by atoms with Crippen molar-refractivity contribution in [2.75, 3.05) is 0 Å². The summed E-state index contributed by atoms with van der Waals surface area (Å²) in [5, 5.41) is 9.61. The van der Waals surface area contributed by atoms with Crippen LogP contribution in [-0.2, 0) is 15.4 Å². The summed E-state index contributed by atoms with van der Waals surface area (Å²) >= 11 is 0. The van der Waals surface area contributed by atoms with Crippen LogP contribution < -0.4 is 4.72 Å². The second-order valence-corrected chi connectivity index (χ2v) is 8.46. The van der Waals surface area contributed by atoms with Crippen molar-refractivity contribution in [3.8, 4) is 0 Å². The van der Waals surface area contributed by atoms with E-state index in [0.717, 1.165) is 5.56 Å². The molecule has 0 aliphatic rings. The normalized spacial score (nSPS) is 15.2. The minimum Gasteiger partial charge on any atom is -0.391 e. The van der Waals surface area contributed by atoms with Crippen LogP contribution in [-0.4, -0.2) is 25.2 Å². The molecule has 5 heteroatoms. The average molecular weight is 299 g/mol. The smallest absolute Gasteiger partial charge is 0.241 e. The zero-order valence-electron chi connectivity index (χ0n) is 13.1. The van der Waals surface area contributed by atoms with E-state index >= 15 is 0 Å². The van der Waals surface area contributed by atoms with Gasteiger partial charge >= 0.3 is 0 Å². The van der Waals surface area contributed by atoms with Crippen LogP contribution in [0.3, 0.4) is 0 Å². The van der Waals surface area contributed by atoms with Gasteiger partial charge in [-0.1, -0.05) is 32.9 Å². The average Bonchev–Trinajstić information content (AvgIpc) is 2.26. The molecule has 2 N–H and O–H groups in total. The largest absolute Gasteiger partial charge is 0.391 e. The molecule has 4 nitrogen and oxygen atoms in total. The first-order valence-corrected chi connectivity index (χ1v) is 8.17. The molecule has 0 aliphatic carbocycles. The van der Waals surface area contributed by atoms with Gasteiger partial charge in [0.1, 0.15) is 0 Å². The van der Waals surface area contributed by atoms with Gasteiger partial charge in [0.05, 0.1) is 16.5 Å². The monoisotopic (exact) mass is 299 g/mol. The molecule has 0 bridgehead atoms. The van der Waals surface area contributed by atoms with Crippen LogP contribution in [0.1, 0.15) is 47.1 Å². The Morgan fingerprint density at radius 2 is 1.50 bits per heavy atom. The van der Waals surface area contributed by atoms with Gasteiger partial charge < -0.3 is 5.11 Å². The summed E-state index contributed by atoms with van der Waals surface area (Å²) in [6.07, 6.45) is -0.786. The minimum atomic E-state index is -3.64. The summed E-state index contributed by atoms with van der Waals surface area (Å²) in [5.74, 6) is 0. The molecule has 1 atom stereocenters. The lowest BCUT2D eigenvalue weighted by Gasteiger charge is -2.29. The van der Waals surface area contributed by atoms with E-state index < -0.39 is 21.7 Å². The second-order valence-electron chi connectivity index (χ2n) is 6.78. The van der Waals surface area contributed by atoms with Crippen molar-refractivity contribution in [1.29, 1.82) is 0 Å². The fourth-order valence-electron chi connectivity index (χ4n) is 1.62. The molecule has 0 aliphatic heterocycles. The van der Waals surface area contributed by atoms with Gasteiger partial charge in [-0.25, -0.2) is 13.1 Å². The van der Waals surface area contributed by atoms with Crippen LogP contribution >= 0.6 is 0 Å². The topological polar surface area (TPSA) is 66.4 Å². The molecule has 1 aromatic rings. The molecule has 0 saturated heterocycles. The summed E-state index contributed by atoms with van der Waals surface area (Å²) < 4.78 is 27.1. The Bertz CT molecular complexity index is 552. The van der Waals surface area contributed by atoms with Crippen LogP contribution in [0, 0.1) is 0 Å². The Labute approximate surface area is 122 Å². The van der Waals surface area contributed by atoms with Gasteiger partial charge in [0.25, 0.3) is 0 Å². The Morgan fingerprint density at radius 1 is 1.05 bits per heavy atom. The predicted octanol–water partition coefficient (Wildman–Crippen LogP) is 2.42. The van der Waals surface area contributed by atoms with Crippen molar-refractivity contribution < 1.29 is 13.5 Å². The van der Waals surface area contributed by atoms with Crippen LogP contribution in [0.2, 0.25) is 0 Å². The van der Waals surface area contributed by atoms with E-state index in [1.807, 2.05) is 12.1 Å². The zero-order valence-corrected chi connectivity index (χ0v) is 13.9. The van der Waals surface area contributed by atoms with Gasteiger partial charge in [-0.15, -0.1) is 0 Å². The lowest BCUT2D eigenvalue weighted by atomic mass is 9.87. The van der Waals surface area contributed by atoms with Crippen LogP contribution in [0.25, 0.3) is 0 Å². The Kier molecular flexibility index (Phi) is 4.69. The van der Waals surface area contributed by atoms with E-state index in [-0.39, 0.29) is 10.3 Å². The number of sulfonamides is 1. The van der Waals surface area contributed by atoms with E-state index in [0.29, 0.717) is 0 Å². The maximum Gasteiger partial charge on any atom is 0.241 e. The molecule has 20 heavy (non-hydrogen) atoms. The predicted molar refractivity (Wildman–Crippen MR) is 81.2 cm³/mol. The first-order valence-electron chi connectivity index (χ1n) is 6.69. The molecule has 1 unspecified atom stereocenters. The minimum absolute atomic E-state index is 0.0192. The quantitative estimate of drug-likeness (QED) is 0.897. The molecule has 1 rings (SSSR count). The SMILES string of the molecule is CC(O)C(C)(C)NS(=O)(=O)c1ccc(C(C)(C)C)cc1. The van der Waals surface area contributed by atoms with Gasteiger partial charge in [-0.3, -0.25) is 0 Å². The standard InChI is InChI=1S/C15H25NO3S/c1-11(17)15(5,6)16-20(18,19)13-9-7-12(8-10-13)14(2,3)4/h7-11,16-17H,1-6H3. The highest BCUT2D eigenvalue weighted by Gasteiger charge is 2.30. The third kappa shape index (κ3) is 4.04. The molecule has 0 amide bonds. The molecular weight excluding hydrogens is 274 g/mol. The lowest BCUT2D eigenvalue weighted by molar-refractivity contribution is 0.111. The van der Waals surface area contributed by atoms with Gasteiger partial charge in [-0.2, -0.15) is 0 Å². The van der Waals surface area contributed by atoms with Crippen LogP contribution in [0.5, 0.6) is 0 Å². The van der Waals surface area contributed by atoms with Crippen molar-refractivity contribution in [3.05, 3.63) is 29.8 Å². The van der Waals surface area contributed by atoms with Crippen LogP contribution in [0.4, 0.5) is 0 Å². The fraction of sp³-hybridized carbons (Fsp3) is 0.600. The summed E-state index contributed by atoms with van der Waals surface area (Å²) in [6, 6.07) is 6.84. The van der Waals surface area contributed by atoms with Gasteiger partial charge in [-0.05, 0) is 43.9 Å². The van der Waals surface area contributed by atoms with Crippen molar-refractivity contribution in [2.45, 2.75) is 63.5 Å². The summed E-state index contributed by atoms with van der Waals surface area (Å²) in [7, 11) is -3.64. The number of nitrogens with one attached hydrogen (secondary N) is 1. The van der Waals surface area contributed by atoms with Crippen molar-refractivity contribution >= 4 is 10.0 Å². The van der Waals surface area contributed by atoms with E-state index in [1.54, 1.807) is 32.9 Å². The second kappa shape index (κ2) is 5.47. The molecule has 0 aromatic heterocycles. The highest BCUT2D eigenvalue weighted by molar-refractivity contribution is 7.89. The lowest BCUT2D eigenvalue weighted by Crippen LogP contribution is -2.50. The molecule has 1 aromatic carbocycles. The molecule has 0 spiro atoms. The molecule has 0 saturated carbocycles. The fourth-order valence-corrected chi connectivity index (χ4v) is 3.10. The van der Waals surface area contributed by atoms with Gasteiger partial charge in [0.2, 0.25) is 10.0 Å². The highest BCUT2D eigenvalue weighted by atomic mass is 32.2. The zero-order chi connectivity index (χ0) is 15.8. The molecule has 0 heterocycles. The highest BCUT2D eigenvalue weighted by Crippen LogP contribution is 2.24. The van der Waals surface area contributed by atoms with Crippen LogP contribution in [0.15, 0.2) is 29.2 Å². The van der Waals surface area contributed by atoms with Crippen molar-refractivity contribution in [3.63, 3.8) is 0 Å². The number of aliphatic hydroxyl groups excluding tert-OH is 1. The Morgan fingerprint density at radius 3 is 1.85 bits per heavy atom. The number of rotatable bonds is 4. The summed E-state index contributed by atoms with van der Waals surface area (Å²) in [6.45, 7) is 11.1. The van der Waals surface area contributed by atoms with Gasteiger partial charge in [0, 0.05) is 0 Å². The van der Waals surface area contributed by atoms with Crippen molar-refractivity contribution in [1.82, 2.24) is 4.72 Å². The molecule has 114 valence electrons. The van der Waals surface area contributed by atoms with E-state index in [4.69, 9.17) is 0 Å².